The highest BCUT2D eigenvalue weighted by atomic mass is 35.5. The lowest BCUT2D eigenvalue weighted by Gasteiger charge is -2.10. The Hall–Kier alpha value is -2.57. The molecule has 0 saturated heterocycles. The van der Waals surface area contributed by atoms with E-state index in [9.17, 15) is 12.8 Å². The van der Waals surface area contributed by atoms with Gasteiger partial charge in [0.2, 0.25) is 0 Å². The SMILES string of the molecule is Cc1ccc(Oc2ccc(NS(=O)(=O)c3ccc(F)c(Cl)c3)cc2)cc1. The maximum Gasteiger partial charge on any atom is 0.261 e. The van der Waals surface area contributed by atoms with E-state index in [1.165, 1.54) is 0 Å². The molecule has 7 heteroatoms. The van der Waals surface area contributed by atoms with Gasteiger partial charge in [0.25, 0.3) is 10.0 Å². The van der Waals surface area contributed by atoms with Crippen molar-refractivity contribution in [1.29, 1.82) is 0 Å². The smallest absolute Gasteiger partial charge is 0.261 e. The second-order valence-corrected chi connectivity index (χ2v) is 7.71. The van der Waals surface area contributed by atoms with Gasteiger partial charge in [0.1, 0.15) is 17.3 Å². The van der Waals surface area contributed by atoms with Crippen LogP contribution in [0.4, 0.5) is 10.1 Å². The molecule has 0 aliphatic rings. The first-order valence-electron chi connectivity index (χ1n) is 7.66. The third kappa shape index (κ3) is 4.33. The summed E-state index contributed by atoms with van der Waals surface area (Å²) in [5.74, 6) is 0.578. The standard InChI is InChI=1S/C19H15ClFNO3S/c1-13-2-6-15(7-3-13)25-16-8-4-14(5-9-16)22-26(23,24)17-10-11-19(21)18(20)12-17/h2-12,22H,1H3. The molecule has 3 rings (SSSR count). The summed E-state index contributed by atoms with van der Waals surface area (Å²) in [5.41, 5.74) is 1.48. The van der Waals surface area contributed by atoms with Crippen molar-refractivity contribution in [2.45, 2.75) is 11.8 Å². The Morgan fingerprint density at radius 3 is 2.08 bits per heavy atom. The van der Waals surface area contributed by atoms with Crippen LogP contribution in [0.3, 0.4) is 0 Å². The molecule has 0 atom stereocenters. The van der Waals surface area contributed by atoms with Crippen molar-refractivity contribution >= 4 is 27.3 Å². The molecule has 0 aromatic heterocycles. The lowest BCUT2D eigenvalue weighted by atomic mass is 10.2. The Kier molecular flexibility index (Phi) is 5.15. The zero-order valence-electron chi connectivity index (χ0n) is 13.7. The van der Waals surface area contributed by atoms with E-state index in [2.05, 4.69) is 4.72 Å². The summed E-state index contributed by atoms with van der Waals surface area (Å²) in [6.45, 7) is 1.99. The van der Waals surface area contributed by atoms with Gasteiger partial charge in [-0.15, -0.1) is 0 Å². The molecule has 0 spiro atoms. The highest BCUT2D eigenvalue weighted by Gasteiger charge is 2.16. The molecule has 0 amide bonds. The van der Waals surface area contributed by atoms with Gasteiger partial charge in [0, 0.05) is 5.69 Å². The van der Waals surface area contributed by atoms with Crippen LogP contribution in [0, 0.1) is 12.7 Å². The molecular formula is C19H15ClFNO3S. The van der Waals surface area contributed by atoms with E-state index in [0.29, 0.717) is 17.2 Å². The first-order chi connectivity index (χ1) is 12.3. The van der Waals surface area contributed by atoms with Crippen molar-refractivity contribution in [3.8, 4) is 11.5 Å². The quantitative estimate of drug-likeness (QED) is 0.635. The van der Waals surface area contributed by atoms with Crippen molar-refractivity contribution in [2.75, 3.05) is 4.72 Å². The van der Waals surface area contributed by atoms with Gasteiger partial charge in [-0.25, -0.2) is 12.8 Å². The average Bonchev–Trinajstić information content (AvgIpc) is 2.61. The summed E-state index contributed by atoms with van der Waals surface area (Å²) >= 11 is 5.65. The molecule has 1 N–H and O–H groups in total. The highest BCUT2D eigenvalue weighted by molar-refractivity contribution is 7.92. The molecule has 0 heterocycles. The molecule has 0 saturated carbocycles. The predicted octanol–water partition coefficient (Wildman–Crippen LogP) is 5.38. The second-order valence-electron chi connectivity index (χ2n) is 5.62. The van der Waals surface area contributed by atoms with E-state index in [1.54, 1.807) is 24.3 Å². The fourth-order valence-corrected chi connectivity index (χ4v) is 3.52. The molecule has 3 aromatic rings. The van der Waals surface area contributed by atoms with Gasteiger partial charge in [-0.2, -0.15) is 0 Å². The van der Waals surface area contributed by atoms with E-state index >= 15 is 0 Å². The first kappa shape index (κ1) is 18.2. The number of aryl methyl sites for hydroxylation is 1. The molecule has 134 valence electrons. The number of hydrogen-bond donors (Lipinski definition) is 1. The van der Waals surface area contributed by atoms with Crippen LogP contribution in [-0.2, 0) is 10.0 Å². The Morgan fingerprint density at radius 1 is 0.923 bits per heavy atom. The molecule has 0 bridgehead atoms. The molecule has 0 aliphatic heterocycles. The Morgan fingerprint density at radius 2 is 1.50 bits per heavy atom. The van der Waals surface area contributed by atoms with Gasteiger partial charge >= 0.3 is 0 Å². The molecule has 3 aromatic carbocycles. The summed E-state index contributed by atoms with van der Waals surface area (Å²) in [6, 6.07) is 17.2. The van der Waals surface area contributed by atoms with E-state index in [-0.39, 0.29) is 9.92 Å². The van der Waals surface area contributed by atoms with Crippen LogP contribution in [0.2, 0.25) is 5.02 Å². The van der Waals surface area contributed by atoms with E-state index < -0.39 is 15.8 Å². The summed E-state index contributed by atoms with van der Waals surface area (Å²) < 4.78 is 46.0. The van der Waals surface area contributed by atoms with Gasteiger partial charge in [-0.1, -0.05) is 29.3 Å². The monoisotopic (exact) mass is 391 g/mol. The van der Waals surface area contributed by atoms with E-state index in [4.69, 9.17) is 16.3 Å². The number of anilines is 1. The molecule has 0 radical (unpaired) electrons. The molecule has 0 unspecified atom stereocenters. The van der Waals surface area contributed by atoms with Gasteiger partial charge in [-0.05, 0) is 61.5 Å². The van der Waals surface area contributed by atoms with Crippen LogP contribution in [-0.4, -0.2) is 8.42 Å². The Bertz CT molecular complexity index is 1020. The van der Waals surface area contributed by atoms with E-state index in [0.717, 1.165) is 23.8 Å². The van der Waals surface area contributed by atoms with Crippen molar-refractivity contribution in [3.63, 3.8) is 0 Å². The molecule has 0 fully saturated rings. The van der Waals surface area contributed by atoms with Gasteiger partial charge in [0.05, 0.1) is 9.92 Å². The fraction of sp³-hybridized carbons (Fsp3) is 0.0526. The lowest BCUT2D eigenvalue weighted by molar-refractivity contribution is 0.482. The molecule has 0 aliphatic carbocycles. The maximum atomic E-state index is 13.2. The summed E-state index contributed by atoms with van der Waals surface area (Å²) in [5, 5.41) is -0.255. The van der Waals surface area contributed by atoms with Gasteiger partial charge < -0.3 is 4.74 Å². The van der Waals surface area contributed by atoms with Crippen LogP contribution >= 0.6 is 11.6 Å². The Labute approximate surface area is 156 Å². The maximum absolute atomic E-state index is 13.2. The Balaban J connectivity index is 1.73. The number of ether oxygens (including phenoxy) is 1. The predicted molar refractivity (Wildman–Crippen MR) is 99.9 cm³/mol. The molecule has 26 heavy (non-hydrogen) atoms. The summed E-state index contributed by atoms with van der Waals surface area (Å²) in [4.78, 5) is -0.121. The van der Waals surface area contributed by atoms with Crippen molar-refractivity contribution in [2.24, 2.45) is 0 Å². The van der Waals surface area contributed by atoms with Crippen molar-refractivity contribution in [1.82, 2.24) is 0 Å². The van der Waals surface area contributed by atoms with Crippen molar-refractivity contribution < 1.29 is 17.5 Å². The van der Waals surface area contributed by atoms with Crippen molar-refractivity contribution in [3.05, 3.63) is 83.1 Å². The van der Waals surface area contributed by atoms with Crippen LogP contribution in [0.1, 0.15) is 5.56 Å². The minimum Gasteiger partial charge on any atom is -0.457 e. The summed E-state index contributed by atoms with van der Waals surface area (Å²) in [7, 11) is -3.87. The summed E-state index contributed by atoms with van der Waals surface area (Å²) in [6.07, 6.45) is 0. The largest absolute Gasteiger partial charge is 0.457 e. The number of nitrogens with one attached hydrogen (secondary N) is 1. The second kappa shape index (κ2) is 7.35. The third-order valence-corrected chi connectivity index (χ3v) is 5.23. The first-order valence-corrected chi connectivity index (χ1v) is 9.52. The molecule has 4 nitrogen and oxygen atoms in total. The third-order valence-electron chi connectivity index (χ3n) is 3.56. The zero-order valence-corrected chi connectivity index (χ0v) is 15.3. The van der Waals surface area contributed by atoms with Crippen LogP contribution in [0.25, 0.3) is 0 Å². The normalized spacial score (nSPS) is 11.2. The topological polar surface area (TPSA) is 55.4 Å². The molecular weight excluding hydrogens is 377 g/mol. The number of halogens is 2. The minimum absolute atomic E-state index is 0.121. The highest BCUT2D eigenvalue weighted by Crippen LogP contribution is 2.25. The van der Waals surface area contributed by atoms with Gasteiger partial charge in [-0.3, -0.25) is 4.72 Å². The minimum atomic E-state index is -3.87. The number of hydrogen-bond acceptors (Lipinski definition) is 3. The zero-order chi connectivity index (χ0) is 18.7. The van der Waals surface area contributed by atoms with E-state index in [1.807, 2.05) is 31.2 Å². The fourth-order valence-electron chi connectivity index (χ4n) is 2.19. The van der Waals surface area contributed by atoms with Crippen LogP contribution < -0.4 is 9.46 Å². The lowest BCUT2D eigenvalue weighted by Crippen LogP contribution is -2.13. The van der Waals surface area contributed by atoms with Crippen LogP contribution in [0.5, 0.6) is 11.5 Å². The van der Waals surface area contributed by atoms with Gasteiger partial charge in [0.15, 0.2) is 0 Å². The number of sulfonamides is 1. The number of rotatable bonds is 5. The number of benzene rings is 3. The van der Waals surface area contributed by atoms with Crippen LogP contribution in [0.15, 0.2) is 71.6 Å². The average molecular weight is 392 g/mol.